The second-order valence-electron chi connectivity index (χ2n) is 5.83. The van der Waals surface area contributed by atoms with E-state index < -0.39 is 0 Å². The number of benzene rings is 1. The first-order valence-corrected chi connectivity index (χ1v) is 7.86. The van der Waals surface area contributed by atoms with Crippen molar-refractivity contribution in [1.82, 2.24) is 20.0 Å². The summed E-state index contributed by atoms with van der Waals surface area (Å²) in [5.41, 5.74) is 1.76. The third-order valence-electron chi connectivity index (χ3n) is 4.12. The topological polar surface area (TPSA) is 72.1 Å². The van der Waals surface area contributed by atoms with Crippen molar-refractivity contribution in [2.24, 2.45) is 0 Å². The summed E-state index contributed by atoms with van der Waals surface area (Å²) < 4.78 is 5.30. The number of aromatic nitrogens is 3. The molecule has 6 nitrogen and oxygen atoms in total. The van der Waals surface area contributed by atoms with Gasteiger partial charge in [0.2, 0.25) is 5.91 Å². The monoisotopic (exact) mass is 320 g/mol. The van der Waals surface area contributed by atoms with Gasteiger partial charge in [0, 0.05) is 31.6 Å². The molecule has 3 heterocycles. The van der Waals surface area contributed by atoms with E-state index in [2.05, 4.69) is 15.1 Å². The molecule has 0 radical (unpaired) electrons. The van der Waals surface area contributed by atoms with Gasteiger partial charge in [-0.2, -0.15) is 4.98 Å². The van der Waals surface area contributed by atoms with Gasteiger partial charge in [0.1, 0.15) is 5.69 Å². The standard InChI is InChI=1S/C18H16N4O2/c23-16-10-14(12-22(16)11-13-6-2-1-3-7-13)17-20-18(24-21-17)15-8-4-5-9-19-15/h1-9,14H,10-12H2. The normalized spacial score (nSPS) is 17.4. The highest BCUT2D eigenvalue weighted by Gasteiger charge is 2.33. The lowest BCUT2D eigenvalue weighted by Crippen LogP contribution is -2.24. The van der Waals surface area contributed by atoms with Crippen molar-refractivity contribution >= 4 is 5.91 Å². The Morgan fingerprint density at radius 1 is 1.12 bits per heavy atom. The predicted octanol–water partition coefficient (Wildman–Crippen LogP) is 2.65. The summed E-state index contributed by atoms with van der Waals surface area (Å²) in [6.45, 7) is 1.22. The predicted molar refractivity (Wildman–Crippen MR) is 86.7 cm³/mol. The van der Waals surface area contributed by atoms with E-state index in [1.165, 1.54) is 0 Å². The molecule has 0 bridgehead atoms. The molecule has 4 rings (SSSR count). The number of carbonyl (C=O) groups is 1. The van der Waals surface area contributed by atoms with Crippen LogP contribution in [0.4, 0.5) is 0 Å². The number of likely N-dealkylation sites (tertiary alicyclic amines) is 1. The van der Waals surface area contributed by atoms with Gasteiger partial charge in [-0.05, 0) is 17.7 Å². The maximum absolute atomic E-state index is 12.3. The van der Waals surface area contributed by atoms with Crippen molar-refractivity contribution in [3.63, 3.8) is 0 Å². The molecular weight excluding hydrogens is 304 g/mol. The van der Waals surface area contributed by atoms with Crippen LogP contribution in [0.3, 0.4) is 0 Å². The Balaban J connectivity index is 1.48. The highest BCUT2D eigenvalue weighted by atomic mass is 16.5. The van der Waals surface area contributed by atoms with Crippen LogP contribution < -0.4 is 0 Å². The molecule has 1 atom stereocenters. The lowest BCUT2D eigenvalue weighted by molar-refractivity contribution is -0.128. The van der Waals surface area contributed by atoms with E-state index in [4.69, 9.17) is 4.52 Å². The highest BCUT2D eigenvalue weighted by Crippen LogP contribution is 2.28. The van der Waals surface area contributed by atoms with Crippen LogP contribution >= 0.6 is 0 Å². The van der Waals surface area contributed by atoms with Crippen LogP contribution in [0.25, 0.3) is 11.6 Å². The fourth-order valence-electron chi connectivity index (χ4n) is 2.90. The molecule has 24 heavy (non-hydrogen) atoms. The zero-order valence-corrected chi connectivity index (χ0v) is 13.0. The Morgan fingerprint density at radius 3 is 2.75 bits per heavy atom. The van der Waals surface area contributed by atoms with Crippen molar-refractivity contribution in [3.8, 4) is 11.6 Å². The molecule has 0 spiro atoms. The van der Waals surface area contributed by atoms with Crippen molar-refractivity contribution in [2.45, 2.75) is 18.9 Å². The maximum Gasteiger partial charge on any atom is 0.276 e. The van der Waals surface area contributed by atoms with E-state index in [1.54, 1.807) is 6.20 Å². The first-order chi connectivity index (χ1) is 11.8. The Labute approximate surface area is 139 Å². The van der Waals surface area contributed by atoms with Gasteiger partial charge in [-0.3, -0.25) is 9.78 Å². The smallest absolute Gasteiger partial charge is 0.276 e. The molecule has 1 unspecified atom stereocenters. The van der Waals surface area contributed by atoms with Crippen LogP contribution in [0.1, 0.15) is 23.7 Å². The number of pyridine rings is 1. The first kappa shape index (κ1) is 14.6. The molecule has 2 aromatic heterocycles. The molecule has 1 amide bonds. The van der Waals surface area contributed by atoms with E-state index in [0.29, 0.717) is 36.9 Å². The number of nitrogens with zero attached hydrogens (tertiary/aromatic N) is 4. The van der Waals surface area contributed by atoms with Crippen LogP contribution in [0, 0.1) is 0 Å². The summed E-state index contributed by atoms with van der Waals surface area (Å²) in [4.78, 5) is 22.7. The van der Waals surface area contributed by atoms with Gasteiger partial charge in [-0.15, -0.1) is 0 Å². The molecule has 1 aliphatic rings. The van der Waals surface area contributed by atoms with Gasteiger partial charge >= 0.3 is 0 Å². The minimum absolute atomic E-state index is 0.0394. The molecule has 6 heteroatoms. The molecule has 0 N–H and O–H groups in total. The number of hydrogen-bond acceptors (Lipinski definition) is 5. The minimum Gasteiger partial charge on any atom is -0.338 e. The number of carbonyl (C=O) groups excluding carboxylic acids is 1. The summed E-state index contributed by atoms with van der Waals surface area (Å²) in [5, 5.41) is 4.05. The van der Waals surface area contributed by atoms with Crippen LogP contribution in [0.2, 0.25) is 0 Å². The van der Waals surface area contributed by atoms with Gasteiger partial charge < -0.3 is 9.42 Å². The van der Waals surface area contributed by atoms with E-state index in [1.807, 2.05) is 53.4 Å². The molecule has 120 valence electrons. The average molecular weight is 320 g/mol. The lowest BCUT2D eigenvalue weighted by Gasteiger charge is -2.15. The van der Waals surface area contributed by atoms with Gasteiger partial charge in [-0.1, -0.05) is 41.6 Å². The van der Waals surface area contributed by atoms with Crippen LogP contribution in [-0.2, 0) is 11.3 Å². The zero-order chi connectivity index (χ0) is 16.4. The highest BCUT2D eigenvalue weighted by molar-refractivity contribution is 5.79. The summed E-state index contributed by atoms with van der Waals surface area (Å²) in [6, 6.07) is 15.5. The first-order valence-electron chi connectivity index (χ1n) is 7.86. The van der Waals surface area contributed by atoms with Crippen molar-refractivity contribution in [2.75, 3.05) is 6.54 Å². The van der Waals surface area contributed by atoms with E-state index in [-0.39, 0.29) is 11.8 Å². The second-order valence-corrected chi connectivity index (χ2v) is 5.83. The zero-order valence-electron chi connectivity index (χ0n) is 13.0. The van der Waals surface area contributed by atoms with Crippen molar-refractivity contribution in [1.29, 1.82) is 0 Å². The molecule has 1 fully saturated rings. The summed E-state index contributed by atoms with van der Waals surface area (Å²) in [7, 11) is 0. The summed E-state index contributed by atoms with van der Waals surface area (Å²) in [5.74, 6) is 1.04. The van der Waals surface area contributed by atoms with Crippen LogP contribution in [-0.4, -0.2) is 32.5 Å². The fraction of sp³-hybridized carbons (Fsp3) is 0.222. The summed E-state index contributed by atoms with van der Waals surface area (Å²) >= 11 is 0. The Bertz CT molecular complexity index is 832. The molecule has 3 aromatic rings. The van der Waals surface area contributed by atoms with E-state index >= 15 is 0 Å². The Morgan fingerprint density at radius 2 is 1.96 bits per heavy atom. The molecule has 1 aromatic carbocycles. The van der Waals surface area contributed by atoms with Crippen LogP contribution in [0.15, 0.2) is 59.3 Å². The van der Waals surface area contributed by atoms with Gasteiger partial charge in [-0.25, -0.2) is 0 Å². The third-order valence-corrected chi connectivity index (χ3v) is 4.12. The van der Waals surface area contributed by atoms with Crippen molar-refractivity contribution in [3.05, 3.63) is 66.1 Å². The quantitative estimate of drug-likeness (QED) is 0.739. The third kappa shape index (κ3) is 2.90. The Kier molecular flexibility index (Phi) is 3.78. The van der Waals surface area contributed by atoms with E-state index in [9.17, 15) is 4.79 Å². The van der Waals surface area contributed by atoms with E-state index in [0.717, 1.165) is 5.56 Å². The lowest BCUT2D eigenvalue weighted by atomic mass is 10.1. The van der Waals surface area contributed by atoms with Gasteiger partial charge in [0.15, 0.2) is 5.82 Å². The molecule has 0 aliphatic carbocycles. The van der Waals surface area contributed by atoms with Gasteiger partial charge in [0.25, 0.3) is 5.89 Å². The average Bonchev–Trinajstić information content (AvgIpc) is 3.24. The molecule has 1 aliphatic heterocycles. The molecule has 1 saturated heterocycles. The number of rotatable bonds is 4. The second kappa shape index (κ2) is 6.23. The fourth-order valence-corrected chi connectivity index (χ4v) is 2.90. The van der Waals surface area contributed by atoms with Crippen LogP contribution in [0.5, 0.6) is 0 Å². The minimum atomic E-state index is -0.0394. The SMILES string of the molecule is O=C1CC(c2noc(-c3ccccn3)n2)CN1Cc1ccccc1. The number of amides is 1. The largest absolute Gasteiger partial charge is 0.338 e. The summed E-state index contributed by atoms with van der Waals surface area (Å²) in [6.07, 6.45) is 2.09. The Hall–Kier alpha value is -3.02. The molecular formula is C18H16N4O2. The number of hydrogen-bond donors (Lipinski definition) is 0. The molecule has 0 saturated carbocycles. The maximum atomic E-state index is 12.3. The van der Waals surface area contributed by atoms with Crippen molar-refractivity contribution < 1.29 is 9.32 Å². The van der Waals surface area contributed by atoms with Gasteiger partial charge in [0.05, 0.1) is 0 Å².